The van der Waals surface area contributed by atoms with Gasteiger partial charge in [0.15, 0.2) is 0 Å². The van der Waals surface area contributed by atoms with E-state index >= 15 is 0 Å². The van der Waals surface area contributed by atoms with Crippen molar-refractivity contribution in [2.45, 2.75) is 13.3 Å². The van der Waals surface area contributed by atoms with Crippen molar-refractivity contribution < 1.29 is 14.7 Å². The molecule has 0 aliphatic heterocycles. The zero-order chi connectivity index (χ0) is 14.3. The van der Waals surface area contributed by atoms with Gasteiger partial charge in [-0.3, -0.25) is 0 Å². The maximum Gasteiger partial charge on any atom is 0.336 e. The highest BCUT2D eigenvalue weighted by Crippen LogP contribution is 2.18. The summed E-state index contributed by atoms with van der Waals surface area (Å²) in [5, 5.41) is 14.4. The number of aromatic carboxylic acids is 1. The molecule has 0 bridgehead atoms. The number of nitrogens with one attached hydrogen (secondary N) is 2. The third-order valence-corrected chi connectivity index (χ3v) is 3.32. The van der Waals surface area contributed by atoms with Crippen LogP contribution in [-0.4, -0.2) is 35.7 Å². The molecular weight excluding hydrogens is 264 g/mol. The van der Waals surface area contributed by atoms with E-state index in [1.807, 2.05) is 6.26 Å². The van der Waals surface area contributed by atoms with E-state index in [9.17, 15) is 9.59 Å². The number of carboxylic acid groups (broad SMARTS) is 1. The van der Waals surface area contributed by atoms with E-state index in [4.69, 9.17) is 5.11 Å². The topological polar surface area (TPSA) is 78.4 Å². The molecule has 19 heavy (non-hydrogen) atoms. The van der Waals surface area contributed by atoms with Crippen molar-refractivity contribution in [3.05, 3.63) is 29.3 Å². The molecule has 0 saturated carbocycles. The standard InChI is InChI=1S/C13H18N2O3S/c1-9-10(12(16)17)5-3-6-11(9)15-13(18)14-7-4-8-19-2/h3,5-6H,4,7-8H2,1-2H3,(H,16,17)(H2,14,15,18). The van der Waals surface area contributed by atoms with Crippen molar-refractivity contribution in [3.8, 4) is 0 Å². The van der Waals surface area contributed by atoms with Crippen molar-refractivity contribution in [1.29, 1.82) is 0 Å². The Hall–Kier alpha value is -1.69. The van der Waals surface area contributed by atoms with Crippen LogP contribution in [0.15, 0.2) is 18.2 Å². The second-order valence-corrected chi connectivity index (χ2v) is 5.00. The molecule has 1 rings (SSSR count). The number of amides is 2. The number of hydrogen-bond donors (Lipinski definition) is 3. The third-order valence-electron chi connectivity index (χ3n) is 2.62. The second kappa shape index (κ2) is 7.68. The van der Waals surface area contributed by atoms with Gasteiger partial charge in [-0.25, -0.2) is 9.59 Å². The first-order valence-electron chi connectivity index (χ1n) is 5.93. The number of rotatable bonds is 6. The summed E-state index contributed by atoms with van der Waals surface area (Å²) in [7, 11) is 0. The monoisotopic (exact) mass is 282 g/mol. The molecule has 0 atom stereocenters. The fourth-order valence-corrected chi connectivity index (χ4v) is 2.02. The van der Waals surface area contributed by atoms with Crippen molar-refractivity contribution >= 4 is 29.4 Å². The van der Waals surface area contributed by atoms with Crippen molar-refractivity contribution in [2.75, 3.05) is 23.9 Å². The van der Waals surface area contributed by atoms with Gasteiger partial charge in [-0.15, -0.1) is 0 Å². The molecule has 0 aliphatic rings. The fourth-order valence-electron chi connectivity index (χ4n) is 1.59. The summed E-state index contributed by atoms with van der Waals surface area (Å²) in [6, 6.07) is 4.49. The average Bonchev–Trinajstić information content (AvgIpc) is 2.37. The van der Waals surface area contributed by atoms with Gasteiger partial charge in [0.05, 0.1) is 5.56 Å². The van der Waals surface area contributed by atoms with Gasteiger partial charge in [0.25, 0.3) is 0 Å². The van der Waals surface area contributed by atoms with Gasteiger partial charge >= 0.3 is 12.0 Å². The Kier molecular flexibility index (Phi) is 6.21. The van der Waals surface area contributed by atoms with Crippen LogP contribution < -0.4 is 10.6 Å². The van der Waals surface area contributed by atoms with Crippen LogP contribution in [0.1, 0.15) is 22.3 Å². The quantitative estimate of drug-likeness (QED) is 0.701. The van der Waals surface area contributed by atoms with E-state index in [0.29, 0.717) is 17.8 Å². The van der Waals surface area contributed by atoms with Crippen molar-refractivity contribution in [2.24, 2.45) is 0 Å². The summed E-state index contributed by atoms with van der Waals surface area (Å²) in [5.74, 6) is -0.00473. The lowest BCUT2D eigenvalue weighted by atomic mass is 10.1. The minimum atomic E-state index is -0.999. The van der Waals surface area contributed by atoms with Gasteiger partial charge in [-0.05, 0) is 43.0 Å². The third kappa shape index (κ3) is 4.82. The molecule has 0 aliphatic carbocycles. The number of urea groups is 1. The number of benzene rings is 1. The highest BCUT2D eigenvalue weighted by atomic mass is 32.2. The number of carboxylic acids is 1. The molecule has 0 aromatic heterocycles. The Labute approximate surface area is 116 Å². The van der Waals surface area contributed by atoms with Gasteiger partial charge < -0.3 is 15.7 Å². The molecule has 3 N–H and O–H groups in total. The molecule has 0 radical (unpaired) electrons. The Morgan fingerprint density at radius 1 is 1.37 bits per heavy atom. The maximum atomic E-state index is 11.6. The van der Waals surface area contributed by atoms with Gasteiger partial charge in [0.2, 0.25) is 0 Å². The van der Waals surface area contributed by atoms with Crippen LogP contribution in [0.2, 0.25) is 0 Å². The predicted octanol–water partition coefficient (Wildman–Crippen LogP) is 2.57. The van der Waals surface area contributed by atoms with Gasteiger partial charge in [-0.2, -0.15) is 11.8 Å². The minimum absolute atomic E-state index is 0.195. The molecule has 2 amide bonds. The van der Waals surface area contributed by atoms with E-state index in [1.165, 1.54) is 6.07 Å². The second-order valence-electron chi connectivity index (χ2n) is 4.01. The van der Waals surface area contributed by atoms with Crippen LogP contribution in [-0.2, 0) is 0 Å². The first-order valence-corrected chi connectivity index (χ1v) is 7.32. The van der Waals surface area contributed by atoms with Gasteiger partial charge in [-0.1, -0.05) is 6.07 Å². The lowest BCUT2D eigenvalue weighted by Gasteiger charge is -2.11. The number of hydrogen-bond acceptors (Lipinski definition) is 3. The molecule has 0 heterocycles. The summed E-state index contributed by atoms with van der Waals surface area (Å²) in [4.78, 5) is 22.6. The van der Waals surface area contributed by atoms with Crippen LogP contribution in [0, 0.1) is 6.92 Å². The SMILES string of the molecule is CSCCCNC(=O)Nc1cccc(C(=O)O)c1C. The first kappa shape index (κ1) is 15.4. The molecule has 0 fully saturated rings. The van der Waals surface area contributed by atoms with E-state index < -0.39 is 5.97 Å². The normalized spacial score (nSPS) is 10.0. The number of carbonyl (C=O) groups is 2. The molecule has 1 aromatic carbocycles. The Morgan fingerprint density at radius 3 is 2.74 bits per heavy atom. The van der Waals surface area contributed by atoms with Crippen molar-refractivity contribution in [1.82, 2.24) is 5.32 Å². The number of carbonyl (C=O) groups excluding carboxylic acids is 1. The fraction of sp³-hybridized carbons (Fsp3) is 0.385. The zero-order valence-corrected chi connectivity index (χ0v) is 11.8. The molecular formula is C13H18N2O3S. The minimum Gasteiger partial charge on any atom is -0.478 e. The van der Waals surface area contributed by atoms with E-state index in [0.717, 1.165) is 12.2 Å². The molecule has 104 valence electrons. The largest absolute Gasteiger partial charge is 0.478 e. The summed E-state index contributed by atoms with van der Waals surface area (Å²) in [6.07, 6.45) is 2.92. The van der Waals surface area contributed by atoms with Crippen LogP contribution in [0.25, 0.3) is 0 Å². The van der Waals surface area contributed by atoms with Crippen LogP contribution >= 0.6 is 11.8 Å². The molecule has 6 heteroatoms. The van der Waals surface area contributed by atoms with Gasteiger partial charge in [0.1, 0.15) is 0 Å². The highest BCUT2D eigenvalue weighted by Gasteiger charge is 2.11. The van der Waals surface area contributed by atoms with Crippen LogP contribution in [0.3, 0.4) is 0 Å². The Balaban J connectivity index is 2.59. The lowest BCUT2D eigenvalue weighted by Crippen LogP contribution is -2.30. The zero-order valence-electron chi connectivity index (χ0n) is 11.0. The molecule has 0 unspecified atom stereocenters. The van der Waals surface area contributed by atoms with Crippen LogP contribution in [0.4, 0.5) is 10.5 Å². The summed E-state index contributed by atoms with van der Waals surface area (Å²) in [6.45, 7) is 2.27. The molecule has 0 spiro atoms. The smallest absolute Gasteiger partial charge is 0.336 e. The summed E-state index contributed by atoms with van der Waals surface area (Å²) in [5.41, 5.74) is 1.26. The summed E-state index contributed by atoms with van der Waals surface area (Å²) < 4.78 is 0. The van der Waals surface area contributed by atoms with Gasteiger partial charge in [0, 0.05) is 12.2 Å². The summed E-state index contributed by atoms with van der Waals surface area (Å²) >= 11 is 1.73. The average molecular weight is 282 g/mol. The molecule has 1 aromatic rings. The van der Waals surface area contributed by atoms with E-state index in [2.05, 4.69) is 10.6 Å². The van der Waals surface area contributed by atoms with E-state index in [1.54, 1.807) is 30.8 Å². The number of anilines is 1. The molecule has 0 saturated heterocycles. The van der Waals surface area contributed by atoms with Crippen molar-refractivity contribution in [3.63, 3.8) is 0 Å². The first-order chi connectivity index (χ1) is 9.06. The van der Waals surface area contributed by atoms with Crippen LogP contribution in [0.5, 0.6) is 0 Å². The van der Waals surface area contributed by atoms with E-state index in [-0.39, 0.29) is 11.6 Å². The molecule has 5 nitrogen and oxygen atoms in total. The Bertz CT molecular complexity index is 463. The number of thioether (sulfide) groups is 1. The maximum absolute atomic E-state index is 11.6. The lowest BCUT2D eigenvalue weighted by molar-refractivity contribution is 0.0696. The Morgan fingerprint density at radius 2 is 2.11 bits per heavy atom. The predicted molar refractivity (Wildman–Crippen MR) is 78.2 cm³/mol. The highest BCUT2D eigenvalue weighted by molar-refractivity contribution is 7.98.